The van der Waals surface area contributed by atoms with Gasteiger partial charge in [-0.3, -0.25) is 4.79 Å². The maximum Gasteiger partial charge on any atom is 0.259 e. The maximum atomic E-state index is 9.84. The minimum atomic E-state index is -0.194. The van der Waals surface area contributed by atoms with Gasteiger partial charge in [-0.1, -0.05) is 0 Å². The zero-order valence-electron chi connectivity index (χ0n) is 4.40. The summed E-state index contributed by atoms with van der Waals surface area (Å²) in [5, 5.41) is 15.4. The molecule has 1 N–H and O–H groups in total. The zero-order chi connectivity index (χ0) is 6.69. The fourth-order valence-corrected chi connectivity index (χ4v) is 0.398. The minimum absolute atomic E-state index is 0.155. The van der Waals surface area contributed by atoms with Crippen LogP contribution in [0.25, 0.3) is 0 Å². The molecule has 1 rings (SSSR count). The second-order valence-corrected chi connectivity index (χ2v) is 1.37. The predicted octanol–water partition coefficient (Wildman–Crippen LogP) is -0.360. The van der Waals surface area contributed by atoms with Crippen molar-refractivity contribution in [3.05, 3.63) is 18.0 Å². The molecule has 0 amide bonds. The van der Waals surface area contributed by atoms with Crippen LogP contribution in [0, 0.1) is 0 Å². The predicted molar refractivity (Wildman–Crippen MR) is 28.5 cm³/mol. The normalized spacial score (nSPS) is 8.89. The molecule has 1 aromatic heterocycles. The number of carbonyl (C=O) groups excluding carboxylic acids is 1. The second-order valence-electron chi connectivity index (χ2n) is 1.37. The molecule has 0 unspecified atom stereocenters. The smallest absolute Gasteiger partial charge is 0.259 e. The van der Waals surface area contributed by atoms with E-state index in [2.05, 4.69) is 10.2 Å². The number of hydrogen-bond donors (Lipinski definition) is 1. The topological polar surface area (TPSA) is 63.1 Å². The van der Waals surface area contributed by atoms with Crippen molar-refractivity contribution in [1.82, 2.24) is 10.2 Å². The molecule has 0 saturated carbocycles. The Kier molecular flexibility index (Phi) is 1.40. The van der Waals surface area contributed by atoms with Crippen LogP contribution in [0.4, 0.5) is 0 Å². The molecule has 0 atom stereocenters. The van der Waals surface area contributed by atoms with Gasteiger partial charge >= 0.3 is 0 Å². The standard InChI is InChI=1S/C5H3N2O2/c8-3-4-5(9)1-2-6-7-4/h1-2H,(H,6,9). The van der Waals surface area contributed by atoms with Crippen molar-refractivity contribution in [3.8, 4) is 5.75 Å². The average Bonchev–Trinajstić information content (AvgIpc) is 1.89. The van der Waals surface area contributed by atoms with E-state index < -0.39 is 0 Å². The molecule has 1 heterocycles. The van der Waals surface area contributed by atoms with Crippen LogP contribution in [0.15, 0.2) is 12.3 Å². The molecule has 45 valence electrons. The molecular formula is C5H3N2O2. The van der Waals surface area contributed by atoms with E-state index in [9.17, 15) is 4.79 Å². The highest BCUT2D eigenvalue weighted by Gasteiger charge is 1.98. The van der Waals surface area contributed by atoms with Gasteiger partial charge in [0.05, 0.1) is 6.20 Å². The van der Waals surface area contributed by atoms with E-state index in [4.69, 9.17) is 5.11 Å². The van der Waals surface area contributed by atoms with Crippen LogP contribution in [0.3, 0.4) is 0 Å². The lowest BCUT2D eigenvalue weighted by molar-refractivity contribution is 0.466. The van der Waals surface area contributed by atoms with Crippen LogP contribution in [0.1, 0.15) is 5.69 Å². The quantitative estimate of drug-likeness (QED) is 0.553. The van der Waals surface area contributed by atoms with E-state index in [-0.39, 0.29) is 11.4 Å². The maximum absolute atomic E-state index is 9.84. The molecular weight excluding hydrogens is 120 g/mol. The Morgan fingerprint density at radius 2 is 2.44 bits per heavy atom. The van der Waals surface area contributed by atoms with Gasteiger partial charge in [0.1, 0.15) is 5.75 Å². The van der Waals surface area contributed by atoms with Crippen LogP contribution in [0.2, 0.25) is 0 Å². The Morgan fingerprint density at radius 3 is 2.89 bits per heavy atom. The number of hydrogen-bond acceptors (Lipinski definition) is 4. The first-order chi connectivity index (χ1) is 4.34. The van der Waals surface area contributed by atoms with Crippen LogP contribution in [0.5, 0.6) is 5.75 Å². The third-order valence-corrected chi connectivity index (χ3v) is 0.796. The first-order valence-electron chi connectivity index (χ1n) is 2.23. The van der Waals surface area contributed by atoms with Crippen LogP contribution in [-0.2, 0) is 4.79 Å². The lowest BCUT2D eigenvalue weighted by atomic mass is 10.4. The number of rotatable bonds is 1. The van der Waals surface area contributed by atoms with Crippen molar-refractivity contribution < 1.29 is 9.90 Å². The Hall–Kier alpha value is -1.45. The Labute approximate surface area is 51.2 Å². The largest absolute Gasteiger partial charge is 0.505 e. The monoisotopic (exact) mass is 123 g/mol. The zero-order valence-corrected chi connectivity index (χ0v) is 4.40. The van der Waals surface area contributed by atoms with Gasteiger partial charge in [0, 0.05) is 6.07 Å². The minimum Gasteiger partial charge on any atom is -0.505 e. The summed E-state index contributed by atoms with van der Waals surface area (Å²) in [6.07, 6.45) is 2.71. The highest BCUT2D eigenvalue weighted by molar-refractivity contribution is 5.75. The van der Waals surface area contributed by atoms with E-state index >= 15 is 0 Å². The summed E-state index contributed by atoms with van der Waals surface area (Å²) in [4.78, 5) is 9.84. The molecule has 0 bridgehead atoms. The fraction of sp³-hybridized carbons (Fsp3) is 0. The van der Waals surface area contributed by atoms with Crippen LogP contribution < -0.4 is 0 Å². The van der Waals surface area contributed by atoms with Gasteiger partial charge in [-0.05, 0) is 0 Å². The molecule has 1 radical (unpaired) electrons. The summed E-state index contributed by atoms with van der Waals surface area (Å²) in [5.74, 6) is -0.194. The average molecular weight is 123 g/mol. The van der Waals surface area contributed by atoms with Gasteiger partial charge in [-0.2, -0.15) is 5.10 Å². The van der Waals surface area contributed by atoms with Crippen molar-refractivity contribution in [2.24, 2.45) is 0 Å². The number of aromatic hydroxyl groups is 1. The summed E-state index contributed by atoms with van der Waals surface area (Å²) < 4.78 is 0. The second kappa shape index (κ2) is 2.21. The van der Waals surface area contributed by atoms with E-state index in [0.29, 0.717) is 0 Å². The molecule has 0 saturated heterocycles. The third kappa shape index (κ3) is 1.02. The first-order valence-corrected chi connectivity index (χ1v) is 2.23. The van der Waals surface area contributed by atoms with Crippen molar-refractivity contribution >= 4 is 6.29 Å². The van der Waals surface area contributed by atoms with Crippen molar-refractivity contribution in [2.45, 2.75) is 0 Å². The van der Waals surface area contributed by atoms with E-state index in [1.807, 2.05) is 0 Å². The SMILES string of the molecule is O=[C]c1nnccc1O. The van der Waals surface area contributed by atoms with Crippen molar-refractivity contribution in [1.29, 1.82) is 0 Å². The van der Waals surface area contributed by atoms with Gasteiger partial charge in [-0.25, -0.2) is 0 Å². The summed E-state index contributed by atoms with van der Waals surface area (Å²) >= 11 is 0. The van der Waals surface area contributed by atoms with E-state index in [1.165, 1.54) is 18.5 Å². The molecule has 0 aliphatic carbocycles. The van der Waals surface area contributed by atoms with Crippen LogP contribution in [-0.4, -0.2) is 21.6 Å². The summed E-state index contributed by atoms with van der Waals surface area (Å²) in [7, 11) is 0. The molecule has 0 aliphatic heterocycles. The Balaban J connectivity index is 3.15. The lowest BCUT2D eigenvalue weighted by Gasteiger charge is -1.88. The van der Waals surface area contributed by atoms with Gasteiger partial charge in [0.2, 0.25) is 0 Å². The Morgan fingerprint density at radius 1 is 1.67 bits per heavy atom. The van der Waals surface area contributed by atoms with E-state index in [0.717, 1.165) is 0 Å². The molecule has 0 spiro atoms. The molecule has 4 nitrogen and oxygen atoms in total. The summed E-state index contributed by atoms with van der Waals surface area (Å²) in [6.45, 7) is 0. The summed E-state index contributed by atoms with van der Waals surface area (Å²) in [5.41, 5.74) is -0.155. The van der Waals surface area contributed by atoms with Gasteiger partial charge in [-0.15, -0.1) is 5.10 Å². The van der Waals surface area contributed by atoms with Crippen molar-refractivity contribution in [2.75, 3.05) is 0 Å². The highest BCUT2D eigenvalue weighted by atomic mass is 16.3. The van der Waals surface area contributed by atoms with Crippen LogP contribution >= 0.6 is 0 Å². The highest BCUT2D eigenvalue weighted by Crippen LogP contribution is 2.06. The Bertz CT molecular complexity index is 224. The third-order valence-electron chi connectivity index (χ3n) is 0.796. The molecule has 9 heavy (non-hydrogen) atoms. The molecule has 0 fully saturated rings. The fourth-order valence-electron chi connectivity index (χ4n) is 0.398. The number of nitrogens with zero attached hydrogens (tertiary/aromatic N) is 2. The molecule has 0 aliphatic rings. The molecule has 4 heteroatoms. The molecule has 0 aromatic carbocycles. The molecule has 1 aromatic rings. The lowest BCUT2D eigenvalue weighted by Crippen LogP contribution is -1.88. The first kappa shape index (κ1) is 5.68. The van der Waals surface area contributed by atoms with Gasteiger partial charge < -0.3 is 5.11 Å². The number of aromatic nitrogens is 2. The van der Waals surface area contributed by atoms with Crippen molar-refractivity contribution in [3.63, 3.8) is 0 Å². The summed E-state index contributed by atoms with van der Waals surface area (Å²) in [6, 6.07) is 1.27. The van der Waals surface area contributed by atoms with E-state index in [1.54, 1.807) is 0 Å². The van der Waals surface area contributed by atoms with Gasteiger partial charge in [0.15, 0.2) is 5.69 Å². The van der Waals surface area contributed by atoms with Gasteiger partial charge in [0.25, 0.3) is 6.29 Å².